The number of thioether (sulfide) groups is 1. The van der Waals surface area contributed by atoms with E-state index in [0.717, 1.165) is 5.69 Å². The van der Waals surface area contributed by atoms with Gasteiger partial charge in [0.25, 0.3) is 0 Å². The highest BCUT2D eigenvalue weighted by Crippen LogP contribution is 2.28. The Morgan fingerprint density at radius 1 is 1.42 bits per heavy atom. The van der Waals surface area contributed by atoms with Crippen molar-refractivity contribution in [3.8, 4) is 11.4 Å². The molecule has 0 spiro atoms. The van der Waals surface area contributed by atoms with E-state index in [2.05, 4.69) is 27.1 Å². The molecule has 0 aliphatic heterocycles. The summed E-state index contributed by atoms with van der Waals surface area (Å²) in [6, 6.07) is 6.47. The molecule has 6 nitrogen and oxygen atoms in total. The summed E-state index contributed by atoms with van der Waals surface area (Å²) in [5, 5.41) is 14.1. The molecule has 3 aromatic rings. The molecule has 0 atom stereocenters. The zero-order valence-corrected chi connectivity index (χ0v) is 15.6. The lowest BCUT2D eigenvalue weighted by atomic mass is 10.2. The monoisotopic (exact) mass is 389 g/mol. The summed E-state index contributed by atoms with van der Waals surface area (Å²) in [6.07, 6.45) is 1.72. The van der Waals surface area contributed by atoms with Crippen LogP contribution in [0.3, 0.4) is 0 Å². The van der Waals surface area contributed by atoms with Crippen LogP contribution in [-0.2, 0) is 17.1 Å². The number of rotatable bonds is 7. The Hall–Kier alpha value is -2.52. The van der Waals surface area contributed by atoms with Crippen LogP contribution in [-0.4, -0.2) is 25.7 Å². The van der Waals surface area contributed by atoms with E-state index in [1.807, 2.05) is 9.95 Å². The number of allylic oxidation sites excluding steroid dienone is 1. The van der Waals surface area contributed by atoms with Crippen LogP contribution in [0.1, 0.15) is 12.6 Å². The lowest BCUT2D eigenvalue weighted by molar-refractivity contribution is -0.114. The molecule has 0 aliphatic rings. The average Bonchev–Trinajstić information content (AvgIpc) is 3.20. The topological polar surface area (TPSA) is 72.7 Å². The first-order valence-corrected chi connectivity index (χ1v) is 9.58. The highest BCUT2D eigenvalue weighted by Gasteiger charge is 2.16. The number of hydrogen-bond acceptors (Lipinski definition) is 6. The molecule has 1 amide bonds. The predicted molar refractivity (Wildman–Crippen MR) is 102 cm³/mol. The van der Waals surface area contributed by atoms with Crippen molar-refractivity contribution >= 4 is 34.1 Å². The van der Waals surface area contributed by atoms with Crippen molar-refractivity contribution in [2.45, 2.75) is 24.4 Å². The van der Waals surface area contributed by atoms with Gasteiger partial charge in [-0.15, -0.1) is 28.1 Å². The number of anilines is 1. The first kappa shape index (κ1) is 18.3. The first-order chi connectivity index (χ1) is 12.6. The van der Waals surface area contributed by atoms with Crippen LogP contribution >= 0.6 is 23.1 Å². The second-order valence-corrected chi connectivity index (χ2v) is 7.10. The van der Waals surface area contributed by atoms with Crippen LogP contribution in [0, 0.1) is 5.82 Å². The van der Waals surface area contributed by atoms with Gasteiger partial charge in [-0.25, -0.2) is 9.37 Å². The van der Waals surface area contributed by atoms with E-state index in [-0.39, 0.29) is 11.7 Å². The second-order valence-electron chi connectivity index (χ2n) is 5.30. The number of carbonyl (C=O) groups is 1. The Labute approximate surface area is 158 Å². The van der Waals surface area contributed by atoms with Crippen LogP contribution in [0.5, 0.6) is 0 Å². The molecule has 1 N–H and O–H groups in total. The van der Waals surface area contributed by atoms with Gasteiger partial charge in [0, 0.05) is 24.6 Å². The SMILES string of the molecule is C=CCn1c(SCc2csc(NC(C)=O)n2)nnc1-c1ccccc1F. The van der Waals surface area contributed by atoms with Crippen molar-refractivity contribution in [1.29, 1.82) is 0 Å². The van der Waals surface area contributed by atoms with E-state index in [0.29, 0.717) is 34.0 Å². The molecule has 0 unspecified atom stereocenters. The Morgan fingerprint density at radius 3 is 2.96 bits per heavy atom. The standard InChI is InChI=1S/C17H16FN5OS2/c1-3-8-23-15(13-6-4-5-7-14(13)18)21-22-17(23)26-10-12-9-25-16(20-12)19-11(2)24/h3-7,9H,1,8,10H2,2H3,(H,19,20,24). The number of thiazole rings is 1. The lowest BCUT2D eigenvalue weighted by Gasteiger charge is -2.07. The number of amides is 1. The van der Waals surface area contributed by atoms with Gasteiger partial charge in [0.2, 0.25) is 5.91 Å². The summed E-state index contributed by atoms with van der Waals surface area (Å²) >= 11 is 2.81. The molecule has 1 aromatic carbocycles. The van der Waals surface area contributed by atoms with Crippen LogP contribution in [0.4, 0.5) is 9.52 Å². The molecule has 0 aliphatic carbocycles. The third-order valence-corrected chi connectivity index (χ3v) is 5.13. The highest BCUT2D eigenvalue weighted by atomic mass is 32.2. The normalized spacial score (nSPS) is 10.7. The molecule has 0 saturated heterocycles. The third kappa shape index (κ3) is 4.17. The molecule has 0 fully saturated rings. The Kier molecular flexibility index (Phi) is 5.79. The van der Waals surface area contributed by atoms with E-state index >= 15 is 0 Å². The zero-order chi connectivity index (χ0) is 18.5. The molecular weight excluding hydrogens is 373 g/mol. The number of hydrogen-bond donors (Lipinski definition) is 1. The fraction of sp³-hybridized carbons (Fsp3) is 0.176. The summed E-state index contributed by atoms with van der Waals surface area (Å²) in [4.78, 5) is 15.4. The van der Waals surface area contributed by atoms with Crippen LogP contribution in [0.25, 0.3) is 11.4 Å². The fourth-order valence-electron chi connectivity index (χ4n) is 2.25. The number of halogens is 1. The van der Waals surface area contributed by atoms with Gasteiger partial charge < -0.3 is 5.32 Å². The van der Waals surface area contributed by atoms with E-state index in [1.165, 1.54) is 36.1 Å². The summed E-state index contributed by atoms with van der Waals surface area (Å²) < 4.78 is 15.9. The first-order valence-electron chi connectivity index (χ1n) is 7.72. The number of nitrogens with one attached hydrogen (secondary N) is 1. The smallest absolute Gasteiger partial charge is 0.223 e. The van der Waals surface area contributed by atoms with Gasteiger partial charge in [-0.1, -0.05) is 30.0 Å². The van der Waals surface area contributed by atoms with Crippen molar-refractivity contribution in [2.24, 2.45) is 0 Å². The maximum atomic E-state index is 14.1. The fourth-order valence-corrected chi connectivity index (χ4v) is 3.95. The minimum atomic E-state index is -0.346. The molecule has 0 saturated carbocycles. The molecular formula is C17H16FN5OS2. The second kappa shape index (κ2) is 8.24. The van der Waals surface area contributed by atoms with Crippen LogP contribution < -0.4 is 5.32 Å². The lowest BCUT2D eigenvalue weighted by Crippen LogP contribution is -2.05. The maximum Gasteiger partial charge on any atom is 0.223 e. The molecule has 134 valence electrons. The van der Waals surface area contributed by atoms with Crippen LogP contribution in [0.2, 0.25) is 0 Å². The minimum Gasteiger partial charge on any atom is -0.302 e. The Balaban J connectivity index is 1.80. The Morgan fingerprint density at radius 2 is 2.23 bits per heavy atom. The predicted octanol–water partition coefficient (Wildman–Crippen LogP) is 3.98. The third-order valence-electron chi connectivity index (χ3n) is 3.33. The maximum absolute atomic E-state index is 14.1. The van der Waals surface area contributed by atoms with Crippen molar-refractivity contribution < 1.29 is 9.18 Å². The molecule has 2 heterocycles. The van der Waals surface area contributed by atoms with Gasteiger partial charge in [0.1, 0.15) is 5.82 Å². The minimum absolute atomic E-state index is 0.154. The average molecular weight is 389 g/mol. The van der Waals surface area contributed by atoms with Gasteiger partial charge in [-0.3, -0.25) is 9.36 Å². The molecule has 0 radical (unpaired) electrons. The van der Waals surface area contributed by atoms with Gasteiger partial charge >= 0.3 is 0 Å². The van der Waals surface area contributed by atoms with Crippen molar-refractivity contribution in [1.82, 2.24) is 19.7 Å². The highest BCUT2D eigenvalue weighted by molar-refractivity contribution is 7.98. The van der Waals surface area contributed by atoms with E-state index in [4.69, 9.17) is 0 Å². The van der Waals surface area contributed by atoms with Crippen molar-refractivity contribution in [3.63, 3.8) is 0 Å². The van der Waals surface area contributed by atoms with Gasteiger partial charge in [0.05, 0.1) is 11.3 Å². The number of carbonyl (C=O) groups excluding carboxylic acids is 1. The van der Waals surface area contributed by atoms with Gasteiger partial charge in [-0.05, 0) is 12.1 Å². The molecule has 0 bridgehead atoms. The van der Waals surface area contributed by atoms with Gasteiger partial charge in [0.15, 0.2) is 16.1 Å². The number of nitrogens with zero attached hydrogens (tertiary/aromatic N) is 4. The van der Waals surface area contributed by atoms with Crippen LogP contribution in [0.15, 0.2) is 47.5 Å². The van der Waals surface area contributed by atoms with E-state index < -0.39 is 0 Å². The quantitative estimate of drug-likeness (QED) is 0.489. The molecule has 2 aromatic heterocycles. The Bertz CT molecular complexity index is 937. The number of aromatic nitrogens is 4. The summed E-state index contributed by atoms with van der Waals surface area (Å²) in [7, 11) is 0. The van der Waals surface area contributed by atoms with E-state index in [1.54, 1.807) is 24.3 Å². The summed E-state index contributed by atoms with van der Waals surface area (Å²) in [5.74, 6) is 0.519. The molecule has 9 heteroatoms. The summed E-state index contributed by atoms with van der Waals surface area (Å²) in [5.41, 5.74) is 1.22. The zero-order valence-electron chi connectivity index (χ0n) is 14.0. The van der Waals surface area contributed by atoms with Crippen molar-refractivity contribution in [2.75, 3.05) is 5.32 Å². The van der Waals surface area contributed by atoms with Crippen molar-refractivity contribution in [3.05, 3.63) is 53.8 Å². The van der Waals surface area contributed by atoms with E-state index in [9.17, 15) is 9.18 Å². The molecule has 26 heavy (non-hydrogen) atoms. The summed E-state index contributed by atoms with van der Waals surface area (Å²) in [6.45, 7) is 5.66. The van der Waals surface area contributed by atoms with Gasteiger partial charge in [-0.2, -0.15) is 0 Å². The molecule has 3 rings (SSSR count). The largest absolute Gasteiger partial charge is 0.302 e. The number of benzene rings is 1.